The van der Waals surface area contributed by atoms with Crippen molar-refractivity contribution in [2.75, 3.05) is 4.90 Å². The minimum Gasteiger partial charge on any atom is -0.310 e. The molecule has 1 heteroatoms. The maximum absolute atomic E-state index is 2.51. The number of benzene rings is 9. The van der Waals surface area contributed by atoms with E-state index in [1.54, 1.807) is 0 Å². The summed E-state index contributed by atoms with van der Waals surface area (Å²) in [6, 6.07) is 74.2. The first-order chi connectivity index (χ1) is 26.6. The van der Waals surface area contributed by atoms with E-state index >= 15 is 0 Å². The Kier molecular flexibility index (Phi) is 7.56. The van der Waals surface area contributed by atoms with Gasteiger partial charge in [0.15, 0.2) is 0 Å². The van der Waals surface area contributed by atoms with Crippen LogP contribution in [0.15, 0.2) is 200 Å². The Morgan fingerprint density at radius 3 is 1.72 bits per heavy atom. The maximum Gasteiger partial charge on any atom is 0.0714 e. The lowest BCUT2D eigenvalue weighted by molar-refractivity contribution is 0.768. The van der Waals surface area contributed by atoms with Gasteiger partial charge in [0.05, 0.1) is 11.1 Å². The summed E-state index contributed by atoms with van der Waals surface area (Å²) >= 11 is 0. The predicted octanol–water partition coefficient (Wildman–Crippen LogP) is 14.1. The van der Waals surface area contributed by atoms with Gasteiger partial charge in [0.25, 0.3) is 0 Å². The molecule has 0 saturated carbocycles. The van der Waals surface area contributed by atoms with Crippen LogP contribution in [0.2, 0.25) is 0 Å². The average molecular weight is 690 g/mol. The fraction of sp³-hybridized carbons (Fsp3) is 0.0566. The summed E-state index contributed by atoms with van der Waals surface area (Å²) in [6.07, 6.45) is 0. The minimum atomic E-state index is -0.527. The molecule has 0 unspecified atom stereocenters. The SMILES string of the molecule is Cc1cccc(N(c2cccc(-c3cccc4ccccc34)c2)c2cc3c(c4ccccc24)-c2ccc(C)cc2C3(c2ccccc2)c2ccccc2)c1. The molecule has 0 heterocycles. The summed E-state index contributed by atoms with van der Waals surface area (Å²) in [6.45, 7) is 4.40. The van der Waals surface area contributed by atoms with Crippen molar-refractivity contribution in [3.8, 4) is 22.3 Å². The highest BCUT2D eigenvalue weighted by atomic mass is 15.1. The highest BCUT2D eigenvalue weighted by molar-refractivity contribution is 6.11. The molecule has 54 heavy (non-hydrogen) atoms. The largest absolute Gasteiger partial charge is 0.310 e. The quantitative estimate of drug-likeness (QED) is 0.168. The van der Waals surface area contributed by atoms with Crippen molar-refractivity contribution in [1.29, 1.82) is 0 Å². The summed E-state index contributed by atoms with van der Waals surface area (Å²) in [5, 5.41) is 4.97. The van der Waals surface area contributed by atoms with E-state index in [1.165, 1.54) is 77.2 Å². The van der Waals surface area contributed by atoms with Gasteiger partial charge in [-0.2, -0.15) is 0 Å². The fourth-order valence-corrected chi connectivity index (χ4v) is 9.11. The van der Waals surface area contributed by atoms with Crippen molar-refractivity contribution in [2.45, 2.75) is 19.3 Å². The number of fused-ring (bicyclic) bond motifs is 6. The van der Waals surface area contributed by atoms with Crippen molar-refractivity contribution in [3.05, 3.63) is 234 Å². The van der Waals surface area contributed by atoms with Gasteiger partial charge in [-0.25, -0.2) is 0 Å². The normalized spacial score (nSPS) is 12.8. The molecule has 0 aromatic heterocycles. The third-order valence-electron chi connectivity index (χ3n) is 11.4. The molecule has 9 aromatic rings. The van der Waals surface area contributed by atoms with Crippen molar-refractivity contribution in [1.82, 2.24) is 0 Å². The molecule has 0 amide bonds. The third kappa shape index (κ3) is 4.93. The Bertz CT molecular complexity index is 2810. The summed E-state index contributed by atoms with van der Waals surface area (Å²) in [4.78, 5) is 2.49. The Balaban J connectivity index is 1.32. The van der Waals surface area contributed by atoms with E-state index < -0.39 is 5.41 Å². The topological polar surface area (TPSA) is 3.24 Å². The molecule has 9 aromatic carbocycles. The molecule has 0 N–H and O–H groups in total. The molecular formula is C53H39N. The molecule has 0 fully saturated rings. The van der Waals surface area contributed by atoms with Gasteiger partial charge in [-0.05, 0) is 110 Å². The summed E-state index contributed by atoms with van der Waals surface area (Å²) in [5.74, 6) is 0. The molecule has 1 nitrogen and oxygen atoms in total. The highest BCUT2D eigenvalue weighted by Crippen LogP contribution is 2.60. The molecule has 0 radical (unpaired) electrons. The summed E-state index contributed by atoms with van der Waals surface area (Å²) in [7, 11) is 0. The Morgan fingerprint density at radius 1 is 0.389 bits per heavy atom. The lowest BCUT2D eigenvalue weighted by Gasteiger charge is -2.35. The van der Waals surface area contributed by atoms with Crippen LogP contribution in [0.3, 0.4) is 0 Å². The molecule has 256 valence electrons. The van der Waals surface area contributed by atoms with E-state index in [0.29, 0.717) is 0 Å². The first kappa shape index (κ1) is 32.0. The molecule has 0 bridgehead atoms. The molecule has 0 atom stereocenters. The van der Waals surface area contributed by atoms with Crippen molar-refractivity contribution >= 4 is 38.6 Å². The maximum atomic E-state index is 2.51. The van der Waals surface area contributed by atoms with Gasteiger partial charge in [-0.15, -0.1) is 0 Å². The molecule has 1 aliphatic rings. The molecule has 10 rings (SSSR count). The van der Waals surface area contributed by atoms with Crippen LogP contribution in [-0.4, -0.2) is 0 Å². The van der Waals surface area contributed by atoms with Gasteiger partial charge in [-0.3, -0.25) is 0 Å². The average Bonchev–Trinajstić information content (AvgIpc) is 3.51. The first-order valence-electron chi connectivity index (χ1n) is 18.8. The zero-order valence-corrected chi connectivity index (χ0v) is 30.5. The van der Waals surface area contributed by atoms with Crippen molar-refractivity contribution < 1.29 is 0 Å². The van der Waals surface area contributed by atoms with Crippen LogP contribution in [-0.2, 0) is 5.41 Å². The van der Waals surface area contributed by atoms with E-state index in [0.717, 1.165) is 17.1 Å². The number of hydrogen-bond acceptors (Lipinski definition) is 1. The Morgan fingerprint density at radius 2 is 0.981 bits per heavy atom. The van der Waals surface area contributed by atoms with E-state index in [1.807, 2.05) is 0 Å². The van der Waals surface area contributed by atoms with Crippen LogP contribution in [0.4, 0.5) is 17.1 Å². The smallest absolute Gasteiger partial charge is 0.0714 e. The van der Waals surface area contributed by atoms with E-state index in [-0.39, 0.29) is 0 Å². The Hall–Kier alpha value is -6.70. The van der Waals surface area contributed by atoms with Gasteiger partial charge in [0.1, 0.15) is 0 Å². The summed E-state index contributed by atoms with van der Waals surface area (Å²) in [5.41, 5.74) is 15.6. The van der Waals surface area contributed by atoms with Crippen LogP contribution in [0.25, 0.3) is 43.8 Å². The molecule has 1 aliphatic carbocycles. The van der Waals surface area contributed by atoms with Crippen LogP contribution in [0.5, 0.6) is 0 Å². The highest BCUT2D eigenvalue weighted by Gasteiger charge is 2.47. The number of rotatable bonds is 6. The number of aryl methyl sites for hydroxylation is 2. The van der Waals surface area contributed by atoms with Crippen LogP contribution < -0.4 is 4.90 Å². The molecule has 0 spiro atoms. The van der Waals surface area contributed by atoms with Gasteiger partial charge < -0.3 is 4.90 Å². The monoisotopic (exact) mass is 689 g/mol. The van der Waals surface area contributed by atoms with Crippen LogP contribution >= 0.6 is 0 Å². The Labute approximate surface area is 317 Å². The first-order valence-corrected chi connectivity index (χ1v) is 18.8. The second kappa shape index (κ2) is 12.8. The standard InChI is InChI=1S/C53H39N/c1-36-16-13-24-42(32-36)54(43-25-14-19-39(34-43)45-29-15-18-38-17-9-10-26-44(38)45)51-35-50-52(47-28-12-11-27-46(47)51)48-31-30-37(2)33-49(48)53(50,40-20-5-3-6-21-40)41-22-7-4-8-23-41/h3-35H,1-2H3. The fourth-order valence-electron chi connectivity index (χ4n) is 9.11. The second-order valence-electron chi connectivity index (χ2n) is 14.6. The van der Waals surface area contributed by atoms with Gasteiger partial charge in [0, 0.05) is 16.8 Å². The number of hydrogen-bond donors (Lipinski definition) is 0. The predicted molar refractivity (Wildman–Crippen MR) is 228 cm³/mol. The van der Waals surface area contributed by atoms with Crippen LogP contribution in [0.1, 0.15) is 33.4 Å². The zero-order valence-electron chi connectivity index (χ0n) is 30.5. The van der Waals surface area contributed by atoms with Gasteiger partial charge in [0.2, 0.25) is 0 Å². The third-order valence-corrected chi connectivity index (χ3v) is 11.4. The zero-order chi connectivity index (χ0) is 36.2. The van der Waals surface area contributed by atoms with Crippen molar-refractivity contribution in [3.63, 3.8) is 0 Å². The van der Waals surface area contributed by atoms with E-state index in [2.05, 4.69) is 219 Å². The van der Waals surface area contributed by atoms with E-state index in [9.17, 15) is 0 Å². The number of anilines is 3. The molecule has 0 aliphatic heterocycles. The van der Waals surface area contributed by atoms with Crippen LogP contribution in [0, 0.1) is 13.8 Å². The molecular weight excluding hydrogens is 651 g/mol. The lowest BCUT2D eigenvalue weighted by atomic mass is 9.67. The lowest BCUT2D eigenvalue weighted by Crippen LogP contribution is -2.29. The molecule has 0 saturated heterocycles. The minimum absolute atomic E-state index is 0.527. The van der Waals surface area contributed by atoms with Gasteiger partial charge >= 0.3 is 0 Å². The second-order valence-corrected chi connectivity index (χ2v) is 14.6. The number of nitrogens with zero attached hydrogens (tertiary/aromatic N) is 1. The van der Waals surface area contributed by atoms with E-state index in [4.69, 9.17) is 0 Å². The van der Waals surface area contributed by atoms with Gasteiger partial charge in [-0.1, -0.05) is 175 Å². The summed E-state index contributed by atoms with van der Waals surface area (Å²) < 4.78 is 0. The van der Waals surface area contributed by atoms with Crippen molar-refractivity contribution in [2.24, 2.45) is 0 Å².